The lowest BCUT2D eigenvalue weighted by molar-refractivity contribution is 0.360. The highest BCUT2D eigenvalue weighted by Gasteiger charge is 2.48. The van der Waals surface area contributed by atoms with Crippen LogP contribution >= 0.6 is 0 Å². The van der Waals surface area contributed by atoms with Gasteiger partial charge in [-0.05, 0) is 93.8 Å². The van der Waals surface area contributed by atoms with Crippen molar-refractivity contribution in [3.8, 4) is 11.1 Å². The zero-order chi connectivity index (χ0) is 37.0. The highest BCUT2D eigenvalue weighted by molar-refractivity contribution is 5.88. The summed E-state index contributed by atoms with van der Waals surface area (Å²) in [6.07, 6.45) is 14.3. The smallest absolute Gasteiger partial charge is 0.0707 e. The molecule has 0 bridgehead atoms. The molecule has 2 aliphatic rings. The standard InChI is InChI=1S/C51H52N2/c1-6-8-19-35(3)38-29-31-39(32-30-38)47-34-44(48(53-47)33-36(4)50(52)40-21-12-10-13-22-40)42-26-18-28-46-49(42)43-25-16-17-27-45(43)51(46,37(5)20-9-7-2)41-23-14-11-15-24-41/h6-32,36,44,47-48,50,53H,2,5,33-34,52H2,1,3-4H3/b8-6-,20-9-,35-19+. The highest BCUT2D eigenvalue weighted by Crippen LogP contribution is 2.59. The van der Waals surface area contributed by atoms with Gasteiger partial charge in [0.2, 0.25) is 0 Å². The van der Waals surface area contributed by atoms with Gasteiger partial charge in [-0.15, -0.1) is 0 Å². The number of hydrogen-bond acceptors (Lipinski definition) is 2. The third-order valence-electron chi connectivity index (χ3n) is 11.7. The fourth-order valence-electron chi connectivity index (χ4n) is 9.04. The Kier molecular flexibility index (Phi) is 10.7. The van der Waals surface area contributed by atoms with Crippen LogP contribution in [0.2, 0.25) is 0 Å². The molecule has 0 amide bonds. The first kappa shape index (κ1) is 36.1. The minimum absolute atomic E-state index is 0.0446. The van der Waals surface area contributed by atoms with E-state index in [9.17, 15) is 0 Å². The van der Waals surface area contributed by atoms with E-state index in [1.165, 1.54) is 55.6 Å². The Morgan fingerprint density at radius 1 is 0.849 bits per heavy atom. The second kappa shape index (κ2) is 15.8. The van der Waals surface area contributed by atoms with Gasteiger partial charge in [0.1, 0.15) is 0 Å². The molecule has 266 valence electrons. The number of nitrogens with two attached hydrogens (primary N) is 1. The molecule has 0 spiro atoms. The Bertz CT molecular complexity index is 2150. The minimum atomic E-state index is -0.527. The van der Waals surface area contributed by atoms with Crippen molar-refractivity contribution in [2.24, 2.45) is 11.7 Å². The molecule has 1 heterocycles. The summed E-state index contributed by atoms with van der Waals surface area (Å²) in [5.74, 6) is 0.544. The maximum Gasteiger partial charge on any atom is 0.0707 e. The summed E-state index contributed by atoms with van der Waals surface area (Å²) in [5, 5.41) is 4.17. The lowest BCUT2D eigenvalue weighted by Gasteiger charge is -2.34. The van der Waals surface area contributed by atoms with Crippen molar-refractivity contribution >= 4 is 5.57 Å². The van der Waals surface area contributed by atoms with E-state index < -0.39 is 5.41 Å². The molecule has 0 saturated carbocycles. The van der Waals surface area contributed by atoms with E-state index in [4.69, 9.17) is 12.3 Å². The summed E-state index contributed by atoms with van der Waals surface area (Å²) in [5.41, 5.74) is 20.4. The third kappa shape index (κ3) is 6.74. The van der Waals surface area contributed by atoms with E-state index in [-0.39, 0.29) is 30.0 Å². The van der Waals surface area contributed by atoms with Crippen molar-refractivity contribution in [1.29, 1.82) is 0 Å². The minimum Gasteiger partial charge on any atom is -0.324 e. The van der Waals surface area contributed by atoms with Gasteiger partial charge < -0.3 is 11.1 Å². The van der Waals surface area contributed by atoms with Crippen LogP contribution in [0, 0.1) is 5.92 Å². The molecule has 5 aromatic rings. The number of nitrogens with one attached hydrogen (secondary N) is 1. The molecule has 3 N–H and O–H groups in total. The molecule has 7 rings (SSSR count). The molecule has 6 unspecified atom stereocenters. The fourth-order valence-corrected chi connectivity index (χ4v) is 9.04. The highest BCUT2D eigenvalue weighted by atomic mass is 15.0. The van der Waals surface area contributed by atoms with E-state index in [0.717, 1.165) is 18.4 Å². The number of fused-ring (bicyclic) bond motifs is 3. The van der Waals surface area contributed by atoms with Crippen molar-refractivity contribution in [2.75, 3.05) is 0 Å². The van der Waals surface area contributed by atoms with Crippen molar-refractivity contribution in [1.82, 2.24) is 5.32 Å². The van der Waals surface area contributed by atoms with Gasteiger partial charge in [0, 0.05) is 24.0 Å². The van der Waals surface area contributed by atoms with E-state index >= 15 is 0 Å². The lowest BCUT2D eigenvalue weighted by Crippen LogP contribution is -2.33. The molecule has 1 fully saturated rings. The van der Waals surface area contributed by atoms with Crippen LogP contribution in [0.1, 0.15) is 90.6 Å². The van der Waals surface area contributed by atoms with Gasteiger partial charge in [0.05, 0.1) is 5.41 Å². The number of allylic oxidation sites excluding steroid dienone is 8. The van der Waals surface area contributed by atoms with Gasteiger partial charge in [0.15, 0.2) is 0 Å². The summed E-state index contributed by atoms with van der Waals surface area (Å²) in [6, 6.07) is 47.1. The monoisotopic (exact) mass is 692 g/mol. The van der Waals surface area contributed by atoms with E-state index in [2.05, 4.69) is 184 Å². The first-order valence-corrected chi connectivity index (χ1v) is 19.1. The van der Waals surface area contributed by atoms with Gasteiger partial charge in [-0.25, -0.2) is 0 Å². The second-order valence-corrected chi connectivity index (χ2v) is 14.9. The molecule has 6 atom stereocenters. The Morgan fingerprint density at radius 3 is 2.25 bits per heavy atom. The summed E-state index contributed by atoms with van der Waals surface area (Å²) in [4.78, 5) is 0. The molecular formula is C51H52N2. The Morgan fingerprint density at radius 2 is 1.53 bits per heavy atom. The normalized spacial score (nSPS) is 22.1. The predicted molar refractivity (Wildman–Crippen MR) is 226 cm³/mol. The first-order chi connectivity index (χ1) is 25.9. The quantitative estimate of drug-likeness (QED) is 0.128. The molecule has 53 heavy (non-hydrogen) atoms. The van der Waals surface area contributed by atoms with Crippen LogP contribution in [0.25, 0.3) is 16.7 Å². The predicted octanol–water partition coefficient (Wildman–Crippen LogP) is 12.2. The molecule has 1 saturated heterocycles. The van der Waals surface area contributed by atoms with Crippen LogP contribution in [0.15, 0.2) is 183 Å². The van der Waals surface area contributed by atoms with Gasteiger partial charge >= 0.3 is 0 Å². The maximum absolute atomic E-state index is 6.99. The number of hydrogen-bond donors (Lipinski definition) is 2. The average molecular weight is 693 g/mol. The molecule has 1 aliphatic carbocycles. The zero-order valence-corrected chi connectivity index (χ0v) is 31.4. The summed E-state index contributed by atoms with van der Waals surface area (Å²) >= 11 is 0. The first-order valence-electron chi connectivity index (χ1n) is 19.1. The van der Waals surface area contributed by atoms with Gasteiger partial charge in [-0.1, -0.05) is 184 Å². The van der Waals surface area contributed by atoms with E-state index in [1.54, 1.807) is 0 Å². The Labute approximate surface area is 317 Å². The molecule has 2 heteroatoms. The molecule has 2 nitrogen and oxygen atoms in total. The maximum atomic E-state index is 6.99. The second-order valence-electron chi connectivity index (χ2n) is 14.9. The molecule has 1 aliphatic heterocycles. The van der Waals surface area contributed by atoms with Crippen LogP contribution in [0.3, 0.4) is 0 Å². The van der Waals surface area contributed by atoms with Crippen LogP contribution < -0.4 is 11.1 Å². The summed E-state index contributed by atoms with van der Waals surface area (Å²) < 4.78 is 0. The van der Waals surface area contributed by atoms with E-state index in [1.807, 2.05) is 12.2 Å². The lowest BCUT2D eigenvalue weighted by atomic mass is 9.67. The van der Waals surface area contributed by atoms with Gasteiger partial charge in [0.25, 0.3) is 0 Å². The molecule has 0 aromatic heterocycles. The average Bonchev–Trinajstić information content (AvgIpc) is 3.77. The number of benzene rings is 5. The van der Waals surface area contributed by atoms with Crippen molar-refractivity contribution in [3.63, 3.8) is 0 Å². The summed E-state index contributed by atoms with van der Waals surface area (Å²) in [6.45, 7) is 15.3. The molecular weight excluding hydrogens is 641 g/mol. The van der Waals surface area contributed by atoms with Crippen LogP contribution in [-0.2, 0) is 5.41 Å². The summed E-state index contributed by atoms with van der Waals surface area (Å²) in [7, 11) is 0. The van der Waals surface area contributed by atoms with Crippen LogP contribution in [-0.4, -0.2) is 6.04 Å². The Hall–Kier alpha value is -5.28. The topological polar surface area (TPSA) is 38.0 Å². The van der Waals surface area contributed by atoms with Crippen molar-refractivity contribution in [3.05, 3.63) is 222 Å². The SMILES string of the molecule is C=C/C=C\C(=C)C1(c2ccccc2)c2ccccc2-c2c(C3CC(c4ccc(/C(C)=C/C=C\C)cc4)NC3CC(C)C(N)c3ccccc3)cccc21. The van der Waals surface area contributed by atoms with Crippen LogP contribution in [0.5, 0.6) is 0 Å². The van der Waals surface area contributed by atoms with Gasteiger partial charge in [-0.3, -0.25) is 0 Å². The third-order valence-corrected chi connectivity index (χ3v) is 11.7. The van der Waals surface area contributed by atoms with Crippen molar-refractivity contribution < 1.29 is 0 Å². The fraction of sp³-hybridized carbons (Fsp3) is 0.216. The van der Waals surface area contributed by atoms with Crippen molar-refractivity contribution in [2.45, 2.75) is 63.1 Å². The number of rotatable bonds is 12. The Balaban J connectivity index is 1.35. The van der Waals surface area contributed by atoms with Crippen LogP contribution in [0.4, 0.5) is 0 Å². The molecule has 0 radical (unpaired) electrons. The van der Waals surface area contributed by atoms with E-state index in [0.29, 0.717) is 0 Å². The largest absolute Gasteiger partial charge is 0.324 e. The van der Waals surface area contributed by atoms with Gasteiger partial charge in [-0.2, -0.15) is 0 Å². The molecule has 5 aromatic carbocycles. The zero-order valence-electron chi connectivity index (χ0n) is 31.4.